The van der Waals surface area contributed by atoms with Crippen LogP contribution in [0.25, 0.3) is 0 Å². The van der Waals surface area contributed by atoms with E-state index in [4.69, 9.17) is 0 Å². The minimum atomic E-state index is -0.286. The summed E-state index contributed by atoms with van der Waals surface area (Å²) in [5.74, 6) is -0.572. The minimum absolute atomic E-state index is 0.286. The summed E-state index contributed by atoms with van der Waals surface area (Å²) in [6, 6.07) is 22.1. The Morgan fingerprint density at radius 2 is 0.857 bits per heavy atom. The summed E-state index contributed by atoms with van der Waals surface area (Å²) < 4.78 is 26.3. The summed E-state index contributed by atoms with van der Waals surface area (Å²) in [5.41, 5.74) is 2.55. The molecule has 3 aromatic rings. The molecule has 0 N–H and O–H groups in total. The zero-order valence-corrected chi connectivity index (χ0v) is 11.2. The fourth-order valence-corrected chi connectivity index (χ4v) is 2.20. The van der Waals surface area contributed by atoms with Crippen LogP contribution in [0.5, 0.6) is 0 Å². The Labute approximate surface area is 122 Å². The highest BCUT2D eigenvalue weighted by molar-refractivity contribution is 5.76. The summed E-state index contributed by atoms with van der Waals surface area (Å²) in [6.45, 7) is 0. The average molecular weight is 281 g/mol. The summed E-state index contributed by atoms with van der Waals surface area (Å²) >= 11 is 0. The lowest BCUT2D eigenvalue weighted by molar-refractivity contribution is 0.628. The maximum absolute atomic E-state index is 13.1. The van der Waals surface area contributed by atoms with Crippen LogP contribution in [0.2, 0.25) is 0 Å². The molecular formula is C18H13F2N. The van der Waals surface area contributed by atoms with E-state index in [1.54, 1.807) is 24.3 Å². The van der Waals surface area contributed by atoms with Crippen LogP contribution in [0, 0.1) is 11.6 Å². The van der Waals surface area contributed by atoms with Gasteiger partial charge >= 0.3 is 0 Å². The second kappa shape index (κ2) is 5.75. The van der Waals surface area contributed by atoms with Crippen LogP contribution < -0.4 is 4.90 Å². The van der Waals surface area contributed by atoms with Crippen LogP contribution in [-0.2, 0) is 0 Å². The fourth-order valence-electron chi connectivity index (χ4n) is 2.20. The molecule has 104 valence electrons. The SMILES string of the molecule is Fc1ccc(N(c2ccccc2)c2ccc(F)cc2)cc1. The molecule has 3 rings (SSSR count). The van der Waals surface area contributed by atoms with E-state index in [2.05, 4.69) is 0 Å². The van der Waals surface area contributed by atoms with Gasteiger partial charge in [-0.25, -0.2) is 8.78 Å². The van der Waals surface area contributed by atoms with E-state index in [1.807, 2.05) is 35.2 Å². The van der Waals surface area contributed by atoms with E-state index < -0.39 is 0 Å². The number of halogens is 2. The van der Waals surface area contributed by atoms with Gasteiger partial charge in [0.05, 0.1) is 0 Å². The molecule has 0 aliphatic rings. The second-order valence-corrected chi connectivity index (χ2v) is 4.62. The third-order valence-corrected chi connectivity index (χ3v) is 3.18. The first kappa shape index (κ1) is 13.3. The Hall–Kier alpha value is -2.68. The van der Waals surface area contributed by atoms with Crippen molar-refractivity contribution >= 4 is 17.1 Å². The van der Waals surface area contributed by atoms with E-state index in [1.165, 1.54) is 24.3 Å². The first-order chi connectivity index (χ1) is 10.2. The molecule has 0 fully saturated rings. The molecule has 0 heterocycles. The Kier molecular flexibility index (Phi) is 3.65. The van der Waals surface area contributed by atoms with Gasteiger partial charge in [-0.15, -0.1) is 0 Å². The predicted molar refractivity (Wildman–Crippen MR) is 81.0 cm³/mol. The average Bonchev–Trinajstić information content (AvgIpc) is 2.52. The van der Waals surface area contributed by atoms with Crippen molar-refractivity contribution in [3.05, 3.63) is 90.5 Å². The molecule has 0 aliphatic carbocycles. The van der Waals surface area contributed by atoms with Crippen LogP contribution >= 0.6 is 0 Å². The maximum Gasteiger partial charge on any atom is 0.123 e. The maximum atomic E-state index is 13.1. The Morgan fingerprint density at radius 1 is 0.476 bits per heavy atom. The van der Waals surface area contributed by atoms with Crippen molar-refractivity contribution in [3.63, 3.8) is 0 Å². The highest BCUT2D eigenvalue weighted by Gasteiger charge is 2.11. The van der Waals surface area contributed by atoms with E-state index >= 15 is 0 Å². The molecule has 0 aliphatic heterocycles. The van der Waals surface area contributed by atoms with Gasteiger partial charge in [-0.05, 0) is 60.7 Å². The van der Waals surface area contributed by atoms with Gasteiger partial charge in [0.25, 0.3) is 0 Å². The largest absolute Gasteiger partial charge is 0.310 e. The lowest BCUT2D eigenvalue weighted by atomic mass is 10.2. The number of hydrogen-bond donors (Lipinski definition) is 0. The highest BCUT2D eigenvalue weighted by atomic mass is 19.1. The normalized spacial score (nSPS) is 10.4. The predicted octanol–water partition coefficient (Wildman–Crippen LogP) is 5.43. The van der Waals surface area contributed by atoms with Gasteiger partial charge < -0.3 is 4.90 Å². The van der Waals surface area contributed by atoms with E-state index in [9.17, 15) is 8.78 Å². The molecule has 0 atom stereocenters. The zero-order valence-electron chi connectivity index (χ0n) is 11.2. The van der Waals surface area contributed by atoms with Crippen LogP contribution in [0.1, 0.15) is 0 Å². The van der Waals surface area contributed by atoms with Gasteiger partial charge in [0.15, 0.2) is 0 Å². The van der Waals surface area contributed by atoms with Crippen molar-refractivity contribution in [2.24, 2.45) is 0 Å². The quantitative estimate of drug-likeness (QED) is 0.618. The number of hydrogen-bond acceptors (Lipinski definition) is 1. The lowest BCUT2D eigenvalue weighted by Crippen LogP contribution is -2.09. The standard InChI is InChI=1S/C18H13F2N/c19-14-6-10-17(11-7-14)21(16-4-2-1-3-5-16)18-12-8-15(20)9-13-18/h1-13H. The van der Waals surface area contributed by atoms with Gasteiger partial charge in [-0.3, -0.25) is 0 Å². The van der Waals surface area contributed by atoms with Crippen molar-refractivity contribution in [1.82, 2.24) is 0 Å². The molecule has 3 heteroatoms. The second-order valence-electron chi connectivity index (χ2n) is 4.62. The first-order valence-electron chi connectivity index (χ1n) is 6.60. The fraction of sp³-hybridized carbons (Fsp3) is 0. The third-order valence-electron chi connectivity index (χ3n) is 3.18. The number of nitrogens with zero attached hydrogens (tertiary/aromatic N) is 1. The Balaban J connectivity index is 2.11. The zero-order chi connectivity index (χ0) is 14.7. The van der Waals surface area contributed by atoms with Crippen molar-refractivity contribution < 1.29 is 8.78 Å². The molecule has 0 saturated heterocycles. The third kappa shape index (κ3) is 2.92. The number of benzene rings is 3. The minimum Gasteiger partial charge on any atom is -0.310 e. The monoisotopic (exact) mass is 281 g/mol. The van der Waals surface area contributed by atoms with E-state index in [0.717, 1.165) is 17.1 Å². The molecule has 3 aromatic carbocycles. The Morgan fingerprint density at radius 3 is 1.29 bits per heavy atom. The van der Waals surface area contributed by atoms with E-state index in [-0.39, 0.29) is 11.6 Å². The van der Waals surface area contributed by atoms with Gasteiger partial charge in [0.2, 0.25) is 0 Å². The van der Waals surface area contributed by atoms with Crippen LogP contribution in [0.4, 0.5) is 25.8 Å². The number of rotatable bonds is 3. The molecule has 0 radical (unpaired) electrons. The smallest absolute Gasteiger partial charge is 0.123 e. The van der Waals surface area contributed by atoms with Crippen molar-refractivity contribution in [2.75, 3.05) is 4.90 Å². The van der Waals surface area contributed by atoms with E-state index in [0.29, 0.717) is 0 Å². The molecule has 0 aromatic heterocycles. The van der Waals surface area contributed by atoms with Gasteiger partial charge in [0.1, 0.15) is 11.6 Å². The van der Waals surface area contributed by atoms with Crippen LogP contribution in [0.3, 0.4) is 0 Å². The molecule has 0 saturated carbocycles. The van der Waals surface area contributed by atoms with Crippen molar-refractivity contribution in [3.8, 4) is 0 Å². The summed E-state index contributed by atoms with van der Waals surface area (Å²) in [4.78, 5) is 1.94. The summed E-state index contributed by atoms with van der Waals surface area (Å²) in [7, 11) is 0. The van der Waals surface area contributed by atoms with Crippen LogP contribution in [-0.4, -0.2) is 0 Å². The number of para-hydroxylation sites is 1. The first-order valence-corrected chi connectivity index (χ1v) is 6.60. The van der Waals surface area contributed by atoms with Crippen molar-refractivity contribution in [2.45, 2.75) is 0 Å². The molecule has 1 nitrogen and oxygen atoms in total. The van der Waals surface area contributed by atoms with Gasteiger partial charge in [-0.1, -0.05) is 18.2 Å². The summed E-state index contributed by atoms with van der Waals surface area (Å²) in [6.07, 6.45) is 0. The highest BCUT2D eigenvalue weighted by Crippen LogP contribution is 2.34. The topological polar surface area (TPSA) is 3.24 Å². The molecule has 0 amide bonds. The van der Waals surface area contributed by atoms with Gasteiger partial charge in [0, 0.05) is 17.1 Å². The van der Waals surface area contributed by atoms with Crippen molar-refractivity contribution in [1.29, 1.82) is 0 Å². The molecule has 0 spiro atoms. The lowest BCUT2D eigenvalue weighted by Gasteiger charge is -2.25. The number of anilines is 3. The molecule has 21 heavy (non-hydrogen) atoms. The van der Waals surface area contributed by atoms with Gasteiger partial charge in [-0.2, -0.15) is 0 Å². The molecule has 0 bridgehead atoms. The molecule has 0 unspecified atom stereocenters. The summed E-state index contributed by atoms with van der Waals surface area (Å²) in [5, 5.41) is 0. The Bertz CT molecular complexity index is 661. The van der Waals surface area contributed by atoms with Crippen LogP contribution in [0.15, 0.2) is 78.9 Å². The molecular weight excluding hydrogens is 268 g/mol.